The first-order valence-corrected chi connectivity index (χ1v) is 4.82. The van der Waals surface area contributed by atoms with Crippen LogP contribution in [0.5, 0.6) is 0 Å². The summed E-state index contributed by atoms with van der Waals surface area (Å²) in [5.41, 5.74) is 2.06. The fraction of sp³-hybridized carbons (Fsp3) is 0.200. The molecule has 0 spiro atoms. The Bertz CT molecular complexity index is 488. The SMILES string of the molecule is CCC1=NC2=NC=NC3=NC=CC(=C1)N32. The van der Waals surface area contributed by atoms with Crippen LogP contribution < -0.4 is 0 Å². The number of aliphatic imine (C=N–C) groups is 4. The fourth-order valence-electron chi connectivity index (χ4n) is 1.62. The van der Waals surface area contributed by atoms with E-state index in [0.717, 1.165) is 17.8 Å². The van der Waals surface area contributed by atoms with Gasteiger partial charge in [-0.05, 0) is 18.6 Å². The molecule has 74 valence electrons. The second-order valence-corrected chi connectivity index (χ2v) is 3.28. The van der Waals surface area contributed by atoms with Crippen molar-refractivity contribution in [2.24, 2.45) is 20.0 Å². The first kappa shape index (κ1) is 8.28. The number of rotatable bonds is 1. The summed E-state index contributed by atoms with van der Waals surface area (Å²) in [5, 5.41) is 0. The molecule has 0 amide bonds. The minimum Gasteiger partial charge on any atom is -0.246 e. The molecule has 3 heterocycles. The molecule has 0 saturated heterocycles. The summed E-state index contributed by atoms with van der Waals surface area (Å²) >= 11 is 0. The largest absolute Gasteiger partial charge is 0.246 e. The van der Waals surface area contributed by atoms with Gasteiger partial charge in [0.1, 0.15) is 6.34 Å². The maximum absolute atomic E-state index is 4.42. The van der Waals surface area contributed by atoms with E-state index < -0.39 is 0 Å². The minimum absolute atomic E-state index is 0.632. The maximum atomic E-state index is 4.42. The highest BCUT2D eigenvalue weighted by Gasteiger charge is 2.27. The second-order valence-electron chi connectivity index (χ2n) is 3.28. The van der Waals surface area contributed by atoms with E-state index in [0.29, 0.717) is 11.9 Å². The van der Waals surface area contributed by atoms with Crippen molar-refractivity contribution >= 4 is 24.0 Å². The third-order valence-corrected chi connectivity index (χ3v) is 2.36. The normalized spacial score (nSPS) is 21.5. The van der Waals surface area contributed by atoms with Crippen molar-refractivity contribution in [2.45, 2.75) is 13.3 Å². The van der Waals surface area contributed by atoms with E-state index >= 15 is 0 Å². The first-order valence-electron chi connectivity index (χ1n) is 4.82. The summed E-state index contributed by atoms with van der Waals surface area (Å²) in [6, 6.07) is 0. The molecular weight excluding hydrogens is 190 g/mol. The molecule has 0 aromatic heterocycles. The van der Waals surface area contributed by atoms with Crippen molar-refractivity contribution < 1.29 is 0 Å². The molecule has 0 N–H and O–H groups in total. The molecule has 3 aliphatic rings. The van der Waals surface area contributed by atoms with Crippen LogP contribution in [0.1, 0.15) is 13.3 Å². The lowest BCUT2D eigenvalue weighted by Crippen LogP contribution is -2.39. The average Bonchev–Trinajstić information content (AvgIpc) is 2.29. The monoisotopic (exact) mass is 199 g/mol. The Morgan fingerprint density at radius 1 is 1.27 bits per heavy atom. The van der Waals surface area contributed by atoms with Gasteiger partial charge >= 0.3 is 0 Å². The van der Waals surface area contributed by atoms with Gasteiger partial charge in [0.05, 0.1) is 5.70 Å². The standard InChI is InChI=1S/C10H9N5/c1-2-7-5-8-3-4-11-9-12-6-13-10(14-7)15(8)9/h3-6H,2H2,1H3. The lowest BCUT2D eigenvalue weighted by atomic mass is 10.2. The third kappa shape index (κ3) is 1.16. The van der Waals surface area contributed by atoms with E-state index in [1.807, 2.05) is 17.1 Å². The highest BCUT2D eigenvalue weighted by atomic mass is 15.4. The Labute approximate surface area is 87.0 Å². The summed E-state index contributed by atoms with van der Waals surface area (Å²) in [5.74, 6) is 1.29. The lowest BCUT2D eigenvalue weighted by molar-refractivity contribution is 0.734. The average molecular weight is 199 g/mol. The molecule has 0 atom stereocenters. The van der Waals surface area contributed by atoms with Crippen LogP contribution in [-0.4, -0.2) is 28.9 Å². The number of nitrogens with zero attached hydrogens (tertiary/aromatic N) is 5. The molecule has 5 heteroatoms. The van der Waals surface area contributed by atoms with Crippen molar-refractivity contribution in [1.82, 2.24) is 4.90 Å². The van der Waals surface area contributed by atoms with Crippen LogP contribution in [0.25, 0.3) is 0 Å². The summed E-state index contributed by atoms with van der Waals surface area (Å²) in [4.78, 5) is 18.6. The molecule has 3 aliphatic heterocycles. The summed E-state index contributed by atoms with van der Waals surface area (Å²) in [7, 11) is 0. The van der Waals surface area contributed by atoms with E-state index in [9.17, 15) is 0 Å². The van der Waals surface area contributed by atoms with Crippen LogP contribution in [0, 0.1) is 0 Å². The number of hydrogen-bond donors (Lipinski definition) is 0. The van der Waals surface area contributed by atoms with Gasteiger partial charge in [0.25, 0.3) is 0 Å². The predicted molar refractivity (Wildman–Crippen MR) is 60.2 cm³/mol. The van der Waals surface area contributed by atoms with Gasteiger partial charge in [0.2, 0.25) is 11.9 Å². The molecule has 0 saturated carbocycles. The molecule has 0 aliphatic carbocycles. The van der Waals surface area contributed by atoms with Gasteiger partial charge in [-0.15, -0.1) is 0 Å². The fourth-order valence-corrected chi connectivity index (χ4v) is 1.62. The van der Waals surface area contributed by atoms with Crippen LogP contribution in [0.3, 0.4) is 0 Å². The zero-order valence-corrected chi connectivity index (χ0v) is 8.25. The van der Waals surface area contributed by atoms with Crippen molar-refractivity contribution in [3.63, 3.8) is 0 Å². The van der Waals surface area contributed by atoms with E-state index in [4.69, 9.17) is 0 Å². The zero-order valence-electron chi connectivity index (χ0n) is 8.25. The van der Waals surface area contributed by atoms with E-state index in [2.05, 4.69) is 26.9 Å². The van der Waals surface area contributed by atoms with Gasteiger partial charge in [0, 0.05) is 11.9 Å². The third-order valence-electron chi connectivity index (χ3n) is 2.36. The summed E-state index contributed by atoms with van der Waals surface area (Å²) in [6.07, 6.45) is 8.10. The number of guanidine groups is 2. The van der Waals surface area contributed by atoms with Crippen LogP contribution in [0.4, 0.5) is 0 Å². The molecular formula is C10H9N5. The Morgan fingerprint density at radius 3 is 3.07 bits per heavy atom. The van der Waals surface area contributed by atoms with Gasteiger partial charge in [-0.1, -0.05) is 6.92 Å². The Hall–Kier alpha value is -2.04. The van der Waals surface area contributed by atoms with Gasteiger partial charge in [-0.2, -0.15) is 0 Å². The topological polar surface area (TPSA) is 52.7 Å². The number of allylic oxidation sites excluding steroid dienone is 2. The highest BCUT2D eigenvalue weighted by Crippen LogP contribution is 2.21. The lowest BCUT2D eigenvalue weighted by Gasteiger charge is -2.29. The van der Waals surface area contributed by atoms with Gasteiger partial charge in [-0.3, -0.25) is 0 Å². The molecule has 15 heavy (non-hydrogen) atoms. The van der Waals surface area contributed by atoms with E-state index in [-0.39, 0.29) is 0 Å². The van der Waals surface area contributed by atoms with Gasteiger partial charge < -0.3 is 0 Å². The smallest absolute Gasteiger partial charge is 0.238 e. The highest BCUT2D eigenvalue weighted by molar-refractivity contribution is 6.17. The molecule has 0 aromatic rings. The molecule has 0 aromatic carbocycles. The van der Waals surface area contributed by atoms with Crippen LogP contribution in [-0.2, 0) is 0 Å². The zero-order chi connectivity index (χ0) is 10.3. The predicted octanol–water partition coefficient (Wildman–Crippen LogP) is 1.32. The maximum Gasteiger partial charge on any atom is 0.238 e. The van der Waals surface area contributed by atoms with Crippen molar-refractivity contribution in [3.05, 3.63) is 24.0 Å². The summed E-state index contributed by atoms with van der Waals surface area (Å²) < 4.78 is 0. The Morgan fingerprint density at radius 2 is 2.20 bits per heavy atom. The van der Waals surface area contributed by atoms with Crippen molar-refractivity contribution in [3.8, 4) is 0 Å². The molecule has 0 bridgehead atoms. The van der Waals surface area contributed by atoms with Crippen LogP contribution in [0.2, 0.25) is 0 Å². The van der Waals surface area contributed by atoms with Crippen molar-refractivity contribution in [1.29, 1.82) is 0 Å². The molecule has 0 fully saturated rings. The van der Waals surface area contributed by atoms with Gasteiger partial charge in [0.15, 0.2) is 0 Å². The van der Waals surface area contributed by atoms with Crippen LogP contribution in [0.15, 0.2) is 44.0 Å². The first-order chi connectivity index (χ1) is 7.38. The minimum atomic E-state index is 0.632. The molecule has 0 radical (unpaired) electrons. The van der Waals surface area contributed by atoms with Crippen LogP contribution >= 0.6 is 0 Å². The molecule has 5 nitrogen and oxygen atoms in total. The number of hydrogen-bond acceptors (Lipinski definition) is 5. The van der Waals surface area contributed by atoms with E-state index in [1.165, 1.54) is 6.34 Å². The summed E-state index contributed by atoms with van der Waals surface area (Å²) in [6.45, 7) is 2.07. The Balaban J connectivity index is 2.16. The molecule has 3 rings (SSSR count). The Kier molecular flexibility index (Phi) is 1.65. The quantitative estimate of drug-likeness (QED) is 0.628. The van der Waals surface area contributed by atoms with Crippen molar-refractivity contribution in [2.75, 3.05) is 0 Å². The van der Waals surface area contributed by atoms with E-state index in [1.54, 1.807) is 6.20 Å². The second kappa shape index (κ2) is 2.98. The molecule has 0 unspecified atom stereocenters. The van der Waals surface area contributed by atoms with Gasteiger partial charge in [-0.25, -0.2) is 24.9 Å².